The lowest BCUT2D eigenvalue weighted by molar-refractivity contribution is -0.148. The number of nitrogens with zero attached hydrogens (tertiary/aromatic N) is 1. The fourth-order valence-corrected chi connectivity index (χ4v) is 2.87. The summed E-state index contributed by atoms with van der Waals surface area (Å²) in [6.45, 7) is 5.67. The predicted molar refractivity (Wildman–Crippen MR) is 71.6 cm³/mol. The molecule has 0 saturated carbocycles. The quantitative estimate of drug-likeness (QED) is 0.807. The first-order valence-corrected chi connectivity index (χ1v) is 7.32. The van der Waals surface area contributed by atoms with Gasteiger partial charge in [-0.2, -0.15) is 0 Å². The minimum atomic E-state index is -0.312. The van der Waals surface area contributed by atoms with Crippen LogP contribution in [0.5, 0.6) is 0 Å². The van der Waals surface area contributed by atoms with Crippen LogP contribution in [-0.2, 0) is 14.3 Å². The van der Waals surface area contributed by atoms with Crippen LogP contribution in [0.25, 0.3) is 0 Å². The highest BCUT2D eigenvalue weighted by Crippen LogP contribution is 2.21. The van der Waals surface area contributed by atoms with Gasteiger partial charge in [-0.1, -0.05) is 20.3 Å². The average molecular weight is 268 g/mol. The van der Waals surface area contributed by atoms with E-state index in [2.05, 4.69) is 12.2 Å². The van der Waals surface area contributed by atoms with E-state index in [-0.39, 0.29) is 36.4 Å². The fourth-order valence-electron chi connectivity index (χ4n) is 2.87. The largest absolute Gasteiger partial charge is 0.378 e. The molecule has 0 radical (unpaired) electrons. The smallest absolute Gasteiger partial charge is 0.243 e. The number of ether oxygens (including phenoxy) is 1. The van der Waals surface area contributed by atoms with Crippen molar-refractivity contribution in [2.75, 3.05) is 19.7 Å². The van der Waals surface area contributed by atoms with Crippen molar-refractivity contribution in [1.29, 1.82) is 0 Å². The molecule has 0 aromatic carbocycles. The maximum atomic E-state index is 12.0. The van der Waals surface area contributed by atoms with Crippen molar-refractivity contribution in [3.63, 3.8) is 0 Å². The Kier molecular flexibility index (Phi) is 4.80. The lowest BCUT2D eigenvalue weighted by Crippen LogP contribution is -2.60. The van der Waals surface area contributed by atoms with Gasteiger partial charge in [-0.05, 0) is 25.2 Å². The molecule has 2 rings (SSSR count). The number of hydrogen-bond donors (Lipinski definition) is 1. The van der Waals surface area contributed by atoms with Gasteiger partial charge in [0.15, 0.2) is 0 Å². The standard InChI is InChI=1S/C14H24N2O3/c1-3-10(2)13-14(18)15-9-12(17)16(13)7-6-11-5-4-8-19-11/h10-11,13H,3-9H2,1-2H3,(H,15,18). The first kappa shape index (κ1) is 14.3. The Morgan fingerprint density at radius 2 is 2.26 bits per heavy atom. The molecule has 0 bridgehead atoms. The molecule has 2 heterocycles. The molecule has 2 fully saturated rings. The van der Waals surface area contributed by atoms with E-state index in [4.69, 9.17) is 4.74 Å². The molecule has 0 spiro atoms. The SMILES string of the molecule is CCC(C)C1C(=O)NCC(=O)N1CCC1CCCO1. The van der Waals surface area contributed by atoms with Crippen LogP contribution in [0.4, 0.5) is 0 Å². The predicted octanol–water partition coefficient (Wildman–Crippen LogP) is 0.929. The molecular formula is C14H24N2O3. The maximum absolute atomic E-state index is 12.0. The first-order valence-electron chi connectivity index (χ1n) is 7.32. The van der Waals surface area contributed by atoms with Gasteiger partial charge in [0.25, 0.3) is 0 Å². The topological polar surface area (TPSA) is 58.6 Å². The van der Waals surface area contributed by atoms with E-state index in [9.17, 15) is 9.59 Å². The highest BCUT2D eigenvalue weighted by Gasteiger charge is 2.37. The second-order valence-corrected chi connectivity index (χ2v) is 5.56. The number of carbonyl (C=O) groups is 2. The molecule has 3 atom stereocenters. The normalized spacial score (nSPS) is 29.5. The first-order chi connectivity index (χ1) is 9.13. The molecule has 19 heavy (non-hydrogen) atoms. The van der Waals surface area contributed by atoms with Gasteiger partial charge in [0.05, 0.1) is 12.6 Å². The van der Waals surface area contributed by atoms with Crippen LogP contribution in [0, 0.1) is 5.92 Å². The number of carbonyl (C=O) groups excluding carboxylic acids is 2. The van der Waals surface area contributed by atoms with Crippen LogP contribution in [0.1, 0.15) is 39.5 Å². The lowest BCUT2D eigenvalue weighted by Gasteiger charge is -2.38. The molecule has 2 aliphatic heterocycles. The third-order valence-electron chi connectivity index (χ3n) is 4.24. The van der Waals surface area contributed by atoms with Crippen LogP contribution in [-0.4, -0.2) is 48.6 Å². The Morgan fingerprint density at radius 1 is 1.47 bits per heavy atom. The molecule has 0 aliphatic carbocycles. The summed E-state index contributed by atoms with van der Waals surface area (Å²) in [5.74, 6) is 0.206. The van der Waals surface area contributed by atoms with Gasteiger partial charge in [0, 0.05) is 13.2 Å². The van der Waals surface area contributed by atoms with Crippen molar-refractivity contribution in [3.8, 4) is 0 Å². The number of amides is 2. The molecule has 0 aromatic heterocycles. The molecule has 5 heteroatoms. The van der Waals surface area contributed by atoms with Crippen LogP contribution >= 0.6 is 0 Å². The number of nitrogens with one attached hydrogen (secondary N) is 1. The second kappa shape index (κ2) is 6.37. The Morgan fingerprint density at radius 3 is 2.89 bits per heavy atom. The monoisotopic (exact) mass is 268 g/mol. The zero-order valence-electron chi connectivity index (χ0n) is 11.9. The fraction of sp³-hybridized carbons (Fsp3) is 0.857. The minimum absolute atomic E-state index is 0.0127. The van der Waals surface area contributed by atoms with E-state index in [1.54, 1.807) is 4.90 Å². The molecule has 5 nitrogen and oxygen atoms in total. The third kappa shape index (κ3) is 3.26. The lowest BCUT2D eigenvalue weighted by atomic mass is 9.94. The molecule has 2 aliphatic rings. The van der Waals surface area contributed by atoms with Gasteiger partial charge in [-0.3, -0.25) is 9.59 Å². The highest BCUT2D eigenvalue weighted by atomic mass is 16.5. The van der Waals surface area contributed by atoms with Gasteiger partial charge in [0.2, 0.25) is 11.8 Å². The summed E-state index contributed by atoms with van der Waals surface area (Å²) in [5, 5.41) is 2.69. The van der Waals surface area contributed by atoms with Crippen molar-refractivity contribution in [2.45, 2.75) is 51.7 Å². The zero-order valence-corrected chi connectivity index (χ0v) is 11.9. The van der Waals surface area contributed by atoms with Gasteiger partial charge >= 0.3 is 0 Å². The van der Waals surface area contributed by atoms with Crippen molar-refractivity contribution in [1.82, 2.24) is 10.2 Å². The van der Waals surface area contributed by atoms with Gasteiger partial charge in [-0.25, -0.2) is 0 Å². The molecule has 108 valence electrons. The molecule has 2 amide bonds. The summed E-state index contributed by atoms with van der Waals surface area (Å²) in [6.07, 6.45) is 4.17. The molecule has 0 aromatic rings. The number of hydrogen-bond acceptors (Lipinski definition) is 3. The Bertz CT molecular complexity index is 340. The van der Waals surface area contributed by atoms with Crippen molar-refractivity contribution in [3.05, 3.63) is 0 Å². The summed E-state index contributed by atoms with van der Waals surface area (Å²) >= 11 is 0. The summed E-state index contributed by atoms with van der Waals surface area (Å²) in [5.41, 5.74) is 0. The van der Waals surface area contributed by atoms with Crippen LogP contribution in [0.15, 0.2) is 0 Å². The van der Waals surface area contributed by atoms with Crippen molar-refractivity contribution >= 4 is 11.8 Å². The van der Waals surface area contributed by atoms with Crippen LogP contribution in [0.3, 0.4) is 0 Å². The summed E-state index contributed by atoms with van der Waals surface area (Å²) in [4.78, 5) is 25.8. The summed E-state index contributed by atoms with van der Waals surface area (Å²) in [6, 6.07) is -0.312. The summed E-state index contributed by atoms with van der Waals surface area (Å²) in [7, 11) is 0. The molecular weight excluding hydrogens is 244 g/mol. The van der Waals surface area contributed by atoms with Gasteiger partial charge in [0.1, 0.15) is 6.04 Å². The van der Waals surface area contributed by atoms with E-state index < -0.39 is 0 Å². The van der Waals surface area contributed by atoms with E-state index in [1.165, 1.54) is 0 Å². The second-order valence-electron chi connectivity index (χ2n) is 5.56. The minimum Gasteiger partial charge on any atom is -0.378 e. The third-order valence-corrected chi connectivity index (χ3v) is 4.24. The van der Waals surface area contributed by atoms with E-state index in [1.807, 2.05) is 6.92 Å². The highest BCUT2D eigenvalue weighted by molar-refractivity contribution is 5.95. The van der Waals surface area contributed by atoms with Crippen LogP contribution in [0.2, 0.25) is 0 Å². The molecule has 1 N–H and O–H groups in total. The van der Waals surface area contributed by atoms with Crippen molar-refractivity contribution in [2.24, 2.45) is 5.92 Å². The number of piperazine rings is 1. The average Bonchev–Trinajstić information content (AvgIpc) is 2.92. The Balaban J connectivity index is 1.99. The van der Waals surface area contributed by atoms with E-state index in [0.29, 0.717) is 6.54 Å². The number of rotatable bonds is 5. The maximum Gasteiger partial charge on any atom is 0.243 e. The van der Waals surface area contributed by atoms with Gasteiger partial charge < -0.3 is 15.0 Å². The summed E-state index contributed by atoms with van der Waals surface area (Å²) < 4.78 is 5.59. The Hall–Kier alpha value is -1.10. The Labute approximate surface area is 114 Å². The van der Waals surface area contributed by atoms with Gasteiger partial charge in [-0.15, -0.1) is 0 Å². The zero-order chi connectivity index (χ0) is 13.8. The van der Waals surface area contributed by atoms with E-state index >= 15 is 0 Å². The molecule has 3 unspecified atom stereocenters. The van der Waals surface area contributed by atoms with Crippen LogP contribution < -0.4 is 5.32 Å². The van der Waals surface area contributed by atoms with Crippen molar-refractivity contribution < 1.29 is 14.3 Å². The molecule has 2 saturated heterocycles. The van der Waals surface area contributed by atoms with E-state index in [0.717, 1.165) is 32.3 Å².